The molecule has 104 valence electrons. The number of fused-ring (bicyclic) bond motifs is 1. The molecule has 3 N–H and O–H groups in total. The standard InChI is InChI=1S/C15H26O3/c1-8(2)10-5-6-15(4)12(13(10)17)9(3)7-11(16)14(15)18/h8,10-14,16-18H,3,5-7H2,1-2,4H3/t10-,11+,12+,13-,14-,15-/m0/s1. The van der Waals surface area contributed by atoms with E-state index in [-0.39, 0.29) is 11.8 Å². The van der Waals surface area contributed by atoms with Crippen LogP contribution in [0.2, 0.25) is 0 Å². The van der Waals surface area contributed by atoms with Crippen LogP contribution in [0.25, 0.3) is 0 Å². The van der Waals surface area contributed by atoms with Gasteiger partial charge in [-0.05, 0) is 31.1 Å². The third kappa shape index (κ3) is 1.93. The summed E-state index contributed by atoms with van der Waals surface area (Å²) in [6, 6.07) is 0. The van der Waals surface area contributed by atoms with E-state index in [1.807, 2.05) is 6.92 Å². The summed E-state index contributed by atoms with van der Waals surface area (Å²) < 4.78 is 0. The first-order valence-corrected chi connectivity index (χ1v) is 7.01. The molecule has 18 heavy (non-hydrogen) atoms. The van der Waals surface area contributed by atoms with Crippen molar-refractivity contribution < 1.29 is 15.3 Å². The lowest BCUT2D eigenvalue weighted by Gasteiger charge is -2.55. The normalized spacial score (nSPS) is 49.3. The molecule has 0 unspecified atom stereocenters. The maximum absolute atomic E-state index is 10.6. The van der Waals surface area contributed by atoms with Crippen molar-refractivity contribution in [2.45, 2.75) is 58.3 Å². The van der Waals surface area contributed by atoms with Gasteiger partial charge in [0, 0.05) is 11.3 Å². The highest BCUT2D eigenvalue weighted by molar-refractivity contribution is 5.20. The van der Waals surface area contributed by atoms with E-state index in [0.717, 1.165) is 18.4 Å². The van der Waals surface area contributed by atoms with Crippen molar-refractivity contribution in [3.8, 4) is 0 Å². The molecular formula is C15H26O3. The summed E-state index contributed by atoms with van der Waals surface area (Å²) in [4.78, 5) is 0. The molecule has 2 aliphatic rings. The Balaban J connectivity index is 2.32. The lowest BCUT2D eigenvalue weighted by molar-refractivity contribution is -0.157. The molecule has 2 rings (SSSR count). The van der Waals surface area contributed by atoms with Crippen molar-refractivity contribution in [2.75, 3.05) is 0 Å². The lowest BCUT2D eigenvalue weighted by atomic mass is 9.53. The van der Waals surface area contributed by atoms with Gasteiger partial charge in [-0.1, -0.05) is 32.9 Å². The highest BCUT2D eigenvalue weighted by Crippen LogP contribution is 2.54. The summed E-state index contributed by atoms with van der Waals surface area (Å²) in [6.07, 6.45) is 0.219. The Morgan fingerprint density at radius 3 is 2.44 bits per heavy atom. The summed E-state index contributed by atoms with van der Waals surface area (Å²) >= 11 is 0. The number of hydrogen-bond donors (Lipinski definition) is 3. The minimum absolute atomic E-state index is 0.0861. The van der Waals surface area contributed by atoms with E-state index in [1.165, 1.54) is 0 Å². The smallest absolute Gasteiger partial charge is 0.0862 e. The van der Waals surface area contributed by atoms with Gasteiger partial charge < -0.3 is 15.3 Å². The molecule has 0 aromatic carbocycles. The molecule has 0 aliphatic heterocycles. The molecular weight excluding hydrogens is 228 g/mol. The van der Waals surface area contributed by atoms with Crippen molar-refractivity contribution in [2.24, 2.45) is 23.2 Å². The van der Waals surface area contributed by atoms with E-state index in [2.05, 4.69) is 20.4 Å². The second-order valence-corrected chi connectivity index (χ2v) is 6.80. The molecule has 3 nitrogen and oxygen atoms in total. The first-order chi connectivity index (χ1) is 8.29. The van der Waals surface area contributed by atoms with Gasteiger partial charge in [0.1, 0.15) is 0 Å². The molecule has 2 saturated carbocycles. The molecule has 0 aromatic heterocycles. The average Bonchev–Trinajstić information content (AvgIpc) is 2.25. The van der Waals surface area contributed by atoms with Crippen molar-refractivity contribution in [3.05, 3.63) is 12.2 Å². The third-order valence-electron chi connectivity index (χ3n) is 5.31. The first kappa shape index (κ1) is 14.0. The molecule has 0 aromatic rings. The predicted octanol–water partition coefficient (Wildman–Crippen LogP) is 1.72. The minimum Gasteiger partial charge on any atom is -0.392 e. The zero-order valence-corrected chi connectivity index (χ0v) is 11.6. The fourth-order valence-electron chi connectivity index (χ4n) is 4.16. The summed E-state index contributed by atoms with van der Waals surface area (Å²) in [5, 5.41) is 30.8. The van der Waals surface area contributed by atoms with Crippen molar-refractivity contribution >= 4 is 0 Å². The van der Waals surface area contributed by atoms with Gasteiger partial charge in [0.15, 0.2) is 0 Å². The molecule has 0 radical (unpaired) electrons. The van der Waals surface area contributed by atoms with E-state index >= 15 is 0 Å². The lowest BCUT2D eigenvalue weighted by Crippen LogP contribution is -2.58. The number of hydrogen-bond acceptors (Lipinski definition) is 3. The third-order valence-corrected chi connectivity index (χ3v) is 5.31. The van der Waals surface area contributed by atoms with Crippen molar-refractivity contribution in [3.63, 3.8) is 0 Å². The quantitative estimate of drug-likeness (QED) is 0.624. The van der Waals surface area contributed by atoms with E-state index in [1.54, 1.807) is 0 Å². The highest BCUT2D eigenvalue weighted by Gasteiger charge is 2.55. The van der Waals surface area contributed by atoms with Gasteiger partial charge in [-0.15, -0.1) is 0 Å². The van der Waals surface area contributed by atoms with Gasteiger partial charge >= 0.3 is 0 Å². The van der Waals surface area contributed by atoms with Crippen molar-refractivity contribution in [1.82, 2.24) is 0 Å². The molecule has 0 spiro atoms. The zero-order chi connectivity index (χ0) is 13.7. The Morgan fingerprint density at radius 1 is 1.28 bits per heavy atom. The van der Waals surface area contributed by atoms with Crippen LogP contribution in [0.4, 0.5) is 0 Å². The first-order valence-electron chi connectivity index (χ1n) is 7.01. The number of aliphatic hydroxyl groups excluding tert-OH is 3. The summed E-state index contributed by atoms with van der Waals surface area (Å²) in [7, 11) is 0. The Hall–Kier alpha value is -0.380. The van der Waals surface area contributed by atoms with Gasteiger partial charge in [0.25, 0.3) is 0 Å². The fraction of sp³-hybridized carbons (Fsp3) is 0.867. The molecule has 0 heterocycles. The van der Waals surface area contributed by atoms with Crippen LogP contribution in [0.15, 0.2) is 12.2 Å². The number of rotatable bonds is 1. The largest absolute Gasteiger partial charge is 0.392 e. The van der Waals surface area contributed by atoms with Gasteiger partial charge in [-0.25, -0.2) is 0 Å². The molecule has 3 heteroatoms. The Bertz CT molecular complexity index is 339. The van der Waals surface area contributed by atoms with Gasteiger partial charge in [0.2, 0.25) is 0 Å². The van der Waals surface area contributed by atoms with Crippen LogP contribution >= 0.6 is 0 Å². The maximum atomic E-state index is 10.6. The van der Waals surface area contributed by atoms with Crippen LogP contribution in [0.5, 0.6) is 0 Å². The fourth-order valence-corrected chi connectivity index (χ4v) is 4.16. The second kappa shape index (κ2) is 4.62. The molecule has 0 amide bonds. The maximum Gasteiger partial charge on any atom is 0.0862 e. The van der Waals surface area contributed by atoms with Crippen LogP contribution in [-0.2, 0) is 0 Å². The van der Waals surface area contributed by atoms with E-state index < -0.39 is 23.7 Å². The second-order valence-electron chi connectivity index (χ2n) is 6.80. The summed E-state index contributed by atoms with van der Waals surface area (Å²) in [5.74, 6) is 0.612. The van der Waals surface area contributed by atoms with Crippen LogP contribution in [-0.4, -0.2) is 33.6 Å². The Labute approximate surface area is 110 Å². The van der Waals surface area contributed by atoms with E-state index in [0.29, 0.717) is 12.3 Å². The van der Waals surface area contributed by atoms with Crippen LogP contribution in [0.1, 0.15) is 40.0 Å². The number of aliphatic hydroxyl groups is 3. The van der Waals surface area contributed by atoms with Crippen LogP contribution in [0.3, 0.4) is 0 Å². The summed E-state index contributed by atoms with van der Waals surface area (Å²) in [6.45, 7) is 10.3. The SMILES string of the molecule is C=C1C[C@@H](O)[C@H](O)[C@@]2(C)CC[C@@H](C(C)C)[C@H](O)[C@@H]12. The van der Waals surface area contributed by atoms with Crippen molar-refractivity contribution in [1.29, 1.82) is 0 Å². The zero-order valence-electron chi connectivity index (χ0n) is 11.6. The van der Waals surface area contributed by atoms with Gasteiger partial charge in [-0.2, -0.15) is 0 Å². The van der Waals surface area contributed by atoms with Crippen LogP contribution < -0.4 is 0 Å². The average molecular weight is 254 g/mol. The Kier molecular flexibility index (Phi) is 3.60. The minimum atomic E-state index is -0.754. The molecule has 2 aliphatic carbocycles. The Morgan fingerprint density at radius 2 is 1.89 bits per heavy atom. The van der Waals surface area contributed by atoms with Gasteiger partial charge in [-0.3, -0.25) is 0 Å². The predicted molar refractivity (Wildman–Crippen MR) is 70.9 cm³/mol. The molecule has 0 bridgehead atoms. The van der Waals surface area contributed by atoms with Crippen LogP contribution in [0, 0.1) is 23.2 Å². The topological polar surface area (TPSA) is 60.7 Å². The monoisotopic (exact) mass is 254 g/mol. The highest BCUT2D eigenvalue weighted by atomic mass is 16.3. The van der Waals surface area contributed by atoms with Gasteiger partial charge in [0.05, 0.1) is 18.3 Å². The molecule has 6 atom stereocenters. The van der Waals surface area contributed by atoms with E-state index in [9.17, 15) is 15.3 Å². The van der Waals surface area contributed by atoms with E-state index in [4.69, 9.17) is 0 Å². The molecule has 2 fully saturated rings. The summed E-state index contributed by atoms with van der Waals surface area (Å²) in [5.41, 5.74) is 0.465. The molecule has 0 saturated heterocycles.